The van der Waals surface area contributed by atoms with E-state index in [0.717, 1.165) is 22.7 Å². The fourth-order valence-electron chi connectivity index (χ4n) is 4.75. The van der Waals surface area contributed by atoms with Gasteiger partial charge in [-0.05, 0) is 31.0 Å². The van der Waals surface area contributed by atoms with Crippen LogP contribution in [0.2, 0.25) is 0 Å². The van der Waals surface area contributed by atoms with Crippen molar-refractivity contribution in [3.8, 4) is 0 Å². The zero-order chi connectivity index (χ0) is 23.9. The van der Waals surface area contributed by atoms with Crippen molar-refractivity contribution in [2.75, 3.05) is 6.16 Å². The summed E-state index contributed by atoms with van der Waals surface area (Å²) in [6.07, 6.45) is -2.89. The molecule has 0 radical (unpaired) electrons. The third-order valence-corrected chi connectivity index (χ3v) is 9.65. The maximum atomic E-state index is 14.6. The molecule has 1 atom stereocenters. The molecule has 1 unspecified atom stereocenters. The van der Waals surface area contributed by atoms with Gasteiger partial charge in [-0.3, -0.25) is 9.36 Å². The van der Waals surface area contributed by atoms with Crippen molar-refractivity contribution in [3.05, 3.63) is 101 Å². The molecule has 8 heteroatoms. The Kier molecular flexibility index (Phi) is 5.68. The van der Waals surface area contributed by atoms with Gasteiger partial charge in [0.15, 0.2) is 0 Å². The predicted octanol–water partition coefficient (Wildman–Crippen LogP) is 5.31. The number of nitrogens with zero attached hydrogens (tertiary/aromatic N) is 2. The summed E-state index contributed by atoms with van der Waals surface area (Å²) in [5.74, 6) is 0.231. The Bertz CT molecular complexity index is 1410. The van der Waals surface area contributed by atoms with Crippen LogP contribution in [-0.4, -0.2) is 15.7 Å². The number of halogens is 3. The Morgan fingerprint density at radius 3 is 2.15 bits per heavy atom. The normalized spacial score (nSPS) is 16.4. The number of benzene rings is 3. The number of rotatable bonds is 4. The van der Waals surface area contributed by atoms with Gasteiger partial charge in [-0.15, -0.1) is 0 Å². The van der Waals surface area contributed by atoms with Crippen LogP contribution in [0.3, 0.4) is 0 Å². The number of alkyl halides is 3. The zero-order valence-corrected chi connectivity index (χ0v) is 19.1. The first-order chi connectivity index (χ1) is 16.3. The van der Waals surface area contributed by atoms with E-state index in [4.69, 9.17) is 0 Å². The minimum absolute atomic E-state index is 0.0477. The van der Waals surface area contributed by atoms with Gasteiger partial charge < -0.3 is 4.57 Å². The summed E-state index contributed by atoms with van der Waals surface area (Å²) >= 11 is 0. The zero-order valence-electron chi connectivity index (χ0n) is 18.2. The molecule has 0 bridgehead atoms. The largest absolute Gasteiger partial charge is 0.416 e. The highest BCUT2D eigenvalue weighted by atomic mass is 31.2. The molecule has 34 heavy (non-hydrogen) atoms. The van der Waals surface area contributed by atoms with E-state index < -0.39 is 24.4 Å². The van der Waals surface area contributed by atoms with Gasteiger partial charge >= 0.3 is 6.18 Å². The van der Waals surface area contributed by atoms with Crippen molar-refractivity contribution in [2.45, 2.75) is 31.5 Å². The van der Waals surface area contributed by atoms with Crippen molar-refractivity contribution in [2.24, 2.45) is 0 Å². The molecule has 0 fully saturated rings. The second-order valence-electron chi connectivity index (χ2n) is 8.59. The van der Waals surface area contributed by atoms with Gasteiger partial charge in [-0.1, -0.05) is 60.7 Å². The molecule has 0 N–H and O–H groups in total. The van der Waals surface area contributed by atoms with Gasteiger partial charge in [0.05, 0.1) is 16.5 Å². The second-order valence-corrected chi connectivity index (χ2v) is 11.5. The Balaban J connectivity index is 1.63. The summed E-state index contributed by atoms with van der Waals surface area (Å²) in [6.45, 7) is 0.380. The third kappa shape index (κ3) is 3.98. The Labute approximate surface area is 194 Å². The molecule has 2 heterocycles. The first kappa shape index (κ1) is 22.6. The summed E-state index contributed by atoms with van der Waals surface area (Å²) < 4.78 is 55.6. The molecule has 0 aliphatic carbocycles. The summed E-state index contributed by atoms with van der Waals surface area (Å²) in [4.78, 5) is 17.8. The molecule has 1 aliphatic heterocycles. The molecular weight excluding hydrogens is 460 g/mol. The minimum atomic E-state index is -4.54. The molecule has 0 spiro atoms. The quantitative estimate of drug-likeness (QED) is 0.371. The Morgan fingerprint density at radius 1 is 0.941 bits per heavy atom. The molecule has 174 valence electrons. The second kappa shape index (κ2) is 8.55. The van der Waals surface area contributed by atoms with Gasteiger partial charge in [0.2, 0.25) is 0 Å². The van der Waals surface area contributed by atoms with Crippen molar-refractivity contribution in [1.82, 2.24) is 9.55 Å². The van der Waals surface area contributed by atoms with Gasteiger partial charge in [0, 0.05) is 29.2 Å². The summed E-state index contributed by atoms with van der Waals surface area (Å²) in [5.41, 5.74) is -1.13. The third-order valence-electron chi connectivity index (χ3n) is 6.43. The molecule has 5 rings (SSSR count). The van der Waals surface area contributed by atoms with Crippen LogP contribution >= 0.6 is 7.14 Å². The smallest absolute Gasteiger partial charge is 0.314 e. The lowest BCUT2D eigenvalue weighted by Gasteiger charge is -2.30. The van der Waals surface area contributed by atoms with E-state index in [0.29, 0.717) is 31.4 Å². The predicted molar refractivity (Wildman–Crippen MR) is 128 cm³/mol. The Morgan fingerprint density at radius 2 is 1.56 bits per heavy atom. The SMILES string of the molecule is O=c1c2cc(C(F)(F)F)ccc2nc2n1CCCC2CP(=O)(c1ccccc1)c1ccccc1. The molecule has 0 saturated carbocycles. The van der Waals surface area contributed by atoms with Crippen molar-refractivity contribution in [3.63, 3.8) is 0 Å². The van der Waals surface area contributed by atoms with Crippen LogP contribution in [0.25, 0.3) is 10.9 Å². The highest BCUT2D eigenvalue weighted by Crippen LogP contribution is 2.48. The van der Waals surface area contributed by atoms with Crippen molar-refractivity contribution in [1.29, 1.82) is 0 Å². The highest BCUT2D eigenvalue weighted by molar-refractivity contribution is 7.78. The number of aromatic nitrogens is 2. The van der Waals surface area contributed by atoms with Crippen LogP contribution in [0, 0.1) is 0 Å². The van der Waals surface area contributed by atoms with E-state index in [1.165, 1.54) is 10.6 Å². The minimum Gasteiger partial charge on any atom is -0.314 e. The highest BCUT2D eigenvalue weighted by Gasteiger charge is 2.35. The molecule has 1 aromatic heterocycles. The van der Waals surface area contributed by atoms with Crippen LogP contribution in [0.4, 0.5) is 13.2 Å². The Hall–Kier alpha value is -3.18. The molecule has 4 nitrogen and oxygen atoms in total. The lowest BCUT2D eigenvalue weighted by molar-refractivity contribution is -0.137. The lowest BCUT2D eigenvalue weighted by Crippen LogP contribution is -2.33. The van der Waals surface area contributed by atoms with E-state index in [9.17, 15) is 22.5 Å². The number of hydrogen-bond donors (Lipinski definition) is 0. The molecule has 4 aromatic rings. The first-order valence-electron chi connectivity index (χ1n) is 11.1. The van der Waals surface area contributed by atoms with E-state index in [1.54, 1.807) is 0 Å². The fourth-order valence-corrected chi connectivity index (χ4v) is 7.74. The van der Waals surface area contributed by atoms with Crippen molar-refractivity contribution >= 4 is 28.7 Å². The van der Waals surface area contributed by atoms with E-state index in [2.05, 4.69) is 4.98 Å². The monoisotopic (exact) mass is 482 g/mol. The van der Waals surface area contributed by atoms with Crippen LogP contribution < -0.4 is 16.2 Å². The van der Waals surface area contributed by atoms with E-state index >= 15 is 0 Å². The number of fused-ring (bicyclic) bond motifs is 2. The summed E-state index contributed by atoms with van der Waals surface area (Å²) in [5, 5.41) is 1.42. The van der Waals surface area contributed by atoms with E-state index in [1.807, 2.05) is 60.7 Å². The van der Waals surface area contributed by atoms with Crippen molar-refractivity contribution < 1.29 is 17.7 Å². The molecular formula is C26H22F3N2O2P. The molecule has 0 saturated heterocycles. The molecule has 3 aromatic carbocycles. The summed E-state index contributed by atoms with van der Waals surface area (Å²) in [7, 11) is -3.06. The fraction of sp³-hybridized carbons (Fsp3) is 0.231. The van der Waals surface area contributed by atoms with Gasteiger partial charge in [-0.25, -0.2) is 4.98 Å². The number of hydrogen-bond acceptors (Lipinski definition) is 3. The van der Waals surface area contributed by atoms with Crippen LogP contribution in [0.1, 0.15) is 30.1 Å². The standard InChI is InChI=1S/C26H22F3N2O2P/c27-26(28,29)19-13-14-23-22(16-19)25(32)31-15-7-8-18(24(31)30-23)17-34(33,20-9-3-1-4-10-20)21-11-5-2-6-12-21/h1-6,9-14,16,18H,7-8,15,17H2. The maximum absolute atomic E-state index is 14.6. The molecule has 0 amide bonds. The van der Waals surface area contributed by atoms with E-state index in [-0.39, 0.29) is 16.8 Å². The topological polar surface area (TPSA) is 52.0 Å². The first-order valence-corrected chi connectivity index (χ1v) is 13.0. The van der Waals surface area contributed by atoms with Gasteiger partial charge in [-0.2, -0.15) is 13.2 Å². The van der Waals surface area contributed by atoms with Crippen LogP contribution in [0.15, 0.2) is 83.7 Å². The van der Waals surface area contributed by atoms with Crippen LogP contribution in [-0.2, 0) is 17.3 Å². The maximum Gasteiger partial charge on any atom is 0.416 e. The van der Waals surface area contributed by atoms with Crippen LogP contribution in [0.5, 0.6) is 0 Å². The average Bonchev–Trinajstić information content (AvgIpc) is 2.85. The average molecular weight is 482 g/mol. The summed E-state index contributed by atoms with van der Waals surface area (Å²) in [6, 6.07) is 21.7. The van der Waals surface area contributed by atoms with Gasteiger partial charge in [0.1, 0.15) is 13.0 Å². The van der Waals surface area contributed by atoms with Gasteiger partial charge in [0.25, 0.3) is 5.56 Å². The molecule has 1 aliphatic rings. The lowest BCUT2D eigenvalue weighted by atomic mass is 9.99.